The van der Waals surface area contributed by atoms with Gasteiger partial charge >= 0.3 is 5.97 Å². The first kappa shape index (κ1) is 18.0. The molecule has 0 aliphatic rings. The van der Waals surface area contributed by atoms with Crippen LogP contribution in [0.5, 0.6) is 0 Å². The number of nitrogens with one attached hydrogen (secondary N) is 1. The third kappa shape index (κ3) is 4.33. The van der Waals surface area contributed by atoms with Gasteiger partial charge in [-0.15, -0.1) is 0 Å². The molecule has 0 fully saturated rings. The molecular weight excluding hydrogens is 352 g/mol. The minimum atomic E-state index is -4.11. The first-order chi connectivity index (χ1) is 11.4. The van der Waals surface area contributed by atoms with Crippen LogP contribution in [0.15, 0.2) is 64.6 Å². The zero-order valence-electron chi connectivity index (χ0n) is 12.8. The minimum Gasteiger partial charge on any atom is -0.461 e. The Balaban J connectivity index is 2.39. The molecule has 1 N–H and O–H groups in total. The van der Waals surface area contributed by atoms with Crippen molar-refractivity contribution >= 4 is 38.1 Å². The maximum absolute atomic E-state index is 12.6. The standard InChI is InChI=1S/C16H15ClN2O4S/c1-2-23-16(20)15(19-18-13-10-8-12(17)9-11-13)24(21,22)14-6-4-3-5-7-14/h3-11,18H,2H2,1H3. The van der Waals surface area contributed by atoms with Gasteiger partial charge in [0.05, 0.1) is 17.2 Å². The fourth-order valence-corrected chi connectivity index (χ4v) is 3.07. The molecule has 8 heteroatoms. The third-order valence-electron chi connectivity index (χ3n) is 2.89. The Morgan fingerprint density at radius 3 is 2.33 bits per heavy atom. The molecule has 0 atom stereocenters. The van der Waals surface area contributed by atoms with Crippen LogP contribution in [-0.2, 0) is 19.4 Å². The Bertz CT molecular complexity index is 834. The Hall–Kier alpha value is -2.38. The summed E-state index contributed by atoms with van der Waals surface area (Å²) in [7, 11) is -4.11. The van der Waals surface area contributed by atoms with Crippen LogP contribution < -0.4 is 5.43 Å². The van der Waals surface area contributed by atoms with Gasteiger partial charge < -0.3 is 4.74 Å². The molecule has 0 amide bonds. The molecule has 0 bridgehead atoms. The van der Waals surface area contributed by atoms with Gasteiger partial charge in [0.25, 0.3) is 5.04 Å². The summed E-state index contributed by atoms with van der Waals surface area (Å²) in [5, 5.41) is 3.55. The van der Waals surface area contributed by atoms with E-state index >= 15 is 0 Å². The highest BCUT2D eigenvalue weighted by molar-refractivity contribution is 8.08. The van der Waals surface area contributed by atoms with Crippen molar-refractivity contribution in [2.75, 3.05) is 12.0 Å². The molecule has 2 aromatic rings. The number of benzene rings is 2. The predicted molar refractivity (Wildman–Crippen MR) is 92.8 cm³/mol. The fourth-order valence-electron chi connectivity index (χ4n) is 1.76. The number of carbonyl (C=O) groups excluding carboxylic acids is 1. The molecule has 6 nitrogen and oxygen atoms in total. The van der Waals surface area contributed by atoms with E-state index in [1.807, 2.05) is 0 Å². The van der Waals surface area contributed by atoms with E-state index in [0.717, 1.165) is 0 Å². The quantitative estimate of drug-likeness (QED) is 0.389. The summed E-state index contributed by atoms with van der Waals surface area (Å²) in [6.07, 6.45) is 0. The smallest absolute Gasteiger partial charge is 0.371 e. The molecule has 0 heterocycles. The first-order valence-corrected chi connectivity index (χ1v) is 8.87. The van der Waals surface area contributed by atoms with Crippen LogP contribution in [-0.4, -0.2) is 26.0 Å². The zero-order chi connectivity index (χ0) is 17.6. The van der Waals surface area contributed by atoms with Crippen LogP contribution in [0.25, 0.3) is 0 Å². The molecule has 0 aromatic heterocycles. The van der Waals surface area contributed by atoms with E-state index in [9.17, 15) is 13.2 Å². The molecule has 0 aliphatic heterocycles. The van der Waals surface area contributed by atoms with Gasteiger partial charge in [-0.1, -0.05) is 29.8 Å². The lowest BCUT2D eigenvalue weighted by atomic mass is 10.3. The number of sulfone groups is 1. The van der Waals surface area contributed by atoms with Gasteiger partial charge in [0, 0.05) is 5.02 Å². The third-order valence-corrected chi connectivity index (χ3v) is 4.80. The number of ether oxygens (including phenoxy) is 1. The Labute approximate surface area is 145 Å². The number of halogens is 1. The van der Waals surface area contributed by atoms with E-state index in [2.05, 4.69) is 10.5 Å². The number of anilines is 1. The molecule has 0 radical (unpaired) electrons. The van der Waals surface area contributed by atoms with Gasteiger partial charge in [-0.05, 0) is 43.3 Å². The monoisotopic (exact) mass is 366 g/mol. The van der Waals surface area contributed by atoms with E-state index in [-0.39, 0.29) is 11.5 Å². The molecule has 0 saturated heterocycles. The number of esters is 1. The predicted octanol–water partition coefficient (Wildman–Crippen LogP) is 3.10. The van der Waals surface area contributed by atoms with Crippen LogP contribution in [0, 0.1) is 0 Å². The van der Waals surface area contributed by atoms with Crippen molar-refractivity contribution in [2.24, 2.45) is 5.10 Å². The van der Waals surface area contributed by atoms with Gasteiger partial charge in [0.15, 0.2) is 0 Å². The number of hydrogen-bond donors (Lipinski definition) is 1. The maximum Gasteiger partial charge on any atom is 0.371 e. The van der Waals surface area contributed by atoms with Crippen molar-refractivity contribution in [3.63, 3.8) is 0 Å². The van der Waals surface area contributed by atoms with Crippen molar-refractivity contribution in [2.45, 2.75) is 11.8 Å². The van der Waals surface area contributed by atoms with Crippen LogP contribution in [0.4, 0.5) is 5.69 Å². The number of hydrazone groups is 1. The fraction of sp³-hybridized carbons (Fsp3) is 0.125. The van der Waals surface area contributed by atoms with E-state index < -0.39 is 20.9 Å². The lowest BCUT2D eigenvalue weighted by molar-refractivity contribution is -0.134. The molecule has 2 aromatic carbocycles. The molecule has 126 valence electrons. The molecule has 0 saturated carbocycles. The number of hydrogen-bond acceptors (Lipinski definition) is 6. The van der Waals surface area contributed by atoms with E-state index in [1.54, 1.807) is 49.4 Å². The number of nitrogens with zero attached hydrogens (tertiary/aromatic N) is 1. The summed E-state index contributed by atoms with van der Waals surface area (Å²) in [5.74, 6) is -1.03. The second-order valence-electron chi connectivity index (χ2n) is 4.57. The second kappa shape index (κ2) is 7.94. The largest absolute Gasteiger partial charge is 0.461 e. The second-order valence-corrected chi connectivity index (χ2v) is 6.87. The molecule has 0 spiro atoms. The van der Waals surface area contributed by atoms with Gasteiger partial charge in [-0.3, -0.25) is 5.43 Å². The topological polar surface area (TPSA) is 84.8 Å². The van der Waals surface area contributed by atoms with E-state index in [4.69, 9.17) is 16.3 Å². The Kier molecular flexibility index (Phi) is 5.94. The van der Waals surface area contributed by atoms with E-state index in [0.29, 0.717) is 10.7 Å². The highest BCUT2D eigenvalue weighted by Crippen LogP contribution is 2.16. The van der Waals surface area contributed by atoms with Crippen molar-refractivity contribution in [3.8, 4) is 0 Å². The number of carbonyl (C=O) groups is 1. The summed E-state index contributed by atoms with van der Waals surface area (Å²) in [6.45, 7) is 1.61. The summed E-state index contributed by atoms with van der Waals surface area (Å²) in [5.41, 5.74) is 3.01. The van der Waals surface area contributed by atoms with Crippen molar-refractivity contribution in [3.05, 3.63) is 59.6 Å². The lowest BCUT2D eigenvalue weighted by Gasteiger charge is -2.08. The molecular formula is C16H15ClN2O4S. The van der Waals surface area contributed by atoms with Gasteiger partial charge in [0.1, 0.15) is 0 Å². The number of rotatable bonds is 4. The van der Waals surface area contributed by atoms with Crippen molar-refractivity contribution < 1.29 is 17.9 Å². The Morgan fingerprint density at radius 1 is 1.12 bits per heavy atom. The minimum absolute atomic E-state index is 0.0309. The van der Waals surface area contributed by atoms with Crippen LogP contribution in [0.2, 0.25) is 5.02 Å². The molecule has 2 rings (SSSR count). The lowest BCUT2D eigenvalue weighted by Crippen LogP contribution is -2.28. The van der Waals surface area contributed by atoms with E-state index in [1.165, 1.54) is 12.1 Å². The van der Waals surface area contributed by atoms with Crippen LogP contribution in [0.1, 0.15) is 6.92 Å². The Morgan fingerprint density at radius 2 is 1.75 bits per heavy atom. The first-order valence-electron chi connectivity index (χ1n) is 7.01. The van der Waals surface area contributed by atoms with Crippen molar-refractivity contribution in [1.82, 2.24) is 0 Å². The average Bonchev–Trinajstić information content (AvgIpc) is 2.57. The summed E-state index contributed by atoms with van der Waals surface area (Å²) in [6, 6.07) is 14.0. The van der Waals surface area contributed by atoms with Crippen LogP contribution >= 0.6 is 11.6 Å². The van der Waals surface area contributed by atoms with Crippen LogP contribution in [0.3, 0.4) is 0 Å². The van der Waals surface area contributed by atoms with Gasteiger partial charge in [0.2, 0.25) is 9.84 Å². The average molecular weight is 367 g/mol. The summed E-state index contributed by atoms with van der Waals surface area (Å²) in [4.78, 5) is 12.0. The van der Waals surface area contributed by atoms with Crippen molar-refractivity contribution in [1.29, 1.82) is 0 Å². The zero-order valence-corrected chi connectivity index (χ0v) is 14.3. The molecule has 24 heavy (non-hydrogen) atoms. The normalized spacial score (nSPS) is 11.8. The summed E-state index contributed by atoms with van der Waals surface area (Å²) < 4.78 is 30.1. The molecule has 0 aliphatic carbocycles. The van der Waals surface area contributed by atoms with Gasteiger partial charge in [-0.25, -0.2) is 13.2 Å². The maximum atomic E-state index is 12.6. The summed E-state index contributed by atoms with van der Waals surface area (Å²) >= 11 is 5.79. The highest BCUT2D eigenvalue weighted by Gasteiger charge is 2.30. The SMILES string of the molecule is CCOC(=O)C(=NNc1ccc(Cl)cc1)S(=O)(=O)c1ccccc1. The highest BCUT2D eigenvalue weighted by atomic mass is 35.5. The molecule has 0 unspecified atom stereocenters. The van der Waals surface area contributed by atoms with Gasteiger partial charge in [-0.2, -0.15) is 5.10 Å².